The molecule has 3 aromatic rings. The zero-order chi connectivity index (χ0) is 28.2. The lowest BCUT2D eigenvalue weighted by Crippen LogP contribution is -2.43. The molecule has 9 nitrogen and oxygen atoms in total. The quantitative estimate of drug-likeness (QED) is 0.377. The van der Waals surface area contributed by atoms with Crippen molar-refractivity contribution in [2.45, 2.75) is 0 Å². The third kappa shape index (κ3) is 6.65. The second kappa shape index (κ2) is 11.7. The molecule has 204 valence electrons. The van der Waals surface area contributed by atoms with Crippen LogP contribution in [0.1, 0.15) is 11.1 Å². The molecule has 4 rings (SSSR count). The Balaban J connectivity index is 1.63. The average Bonchev–Trinajstić information content (AvgIpc) is 3.24. The summed E-state index contributed by atoms with van der Waals surface area (Å²) in [4.78, 5) is 29.3. The number of fused-ring (bicyclic) bond motifs is 1. The number of hydrogen-bond acceptors (Lipinski definition) is 6. The molecule has 0 spiro atoms. The lowest BCUT2D eigenvalue weighted by molar-refractivity contribution is -0.128. The highest BCUT2D eigenvalue weighted by molar-refractivity contribution is 7.92. The number of benzene rings is 3. The summed E-state index contributed by atoms with van der Waals surface area (Å²) in [6.07, 6.45) is 1.08. The Kier molecular flexibility index (Phi) is 8.37. The fraction of sp³-hybridized carbons (Fsp3) is 0.241. The highest BCUT2D eigenvalue weighted by atomic mass is 32.2. The van der Waals surface area contributed by atoms with E-state index in [-0.39, 0.29) is 18.4 Å². The first-order valence-corrected chi connectivity index (χ1v) is 14.3. The molecule has 0 radical (unpaired) electrons. The van der Waals surface area contributed by atoms with Gasteiger partial charge in [0.2, 0.25) is 15.9 Å². The number of sulfonamides is 1. The molecule has 1 aliphatic heterocycles. The average molecular weight is 548 g/mol. The van der Waals surface area contributed by atoms with Crippen molar-refractivity contribution in [3.63, 3.8) is 0 Å². The number of para-hydroxylation sites is 1. The van der Waals surface area contributed by atoms with Crippen molar-refractivity contribution in [2.24, 2.45) is 0 Å². The van der Waals surface area contributed by atoms with Gasteiger partial charge in [0, 0.05) is 37.1 Å². The van der Waals surface area contributed by atoms with Crippen molar-refractivity contribution in [1.82, 2.24) is 9.80 Å². The molecular weight excluding hydrogens is 514 g/mol. The molecule has 3 aromatic carbocycles. The molecule has 0 unspecified atom stereocenters. The molecule has 0 bridgehead atoms. The Morgan fingerprint density at radius 3 is 2.15 bits per heavy atom. The van der Waals surface area contributed by atoms with Crippen LogP contribution in [0.15, 0.2) is 78.9 Å². The highest BCUT2D eigenvalue weighted by Gasteiger charge is 2.28. The lowest BCUT2D eigenvalue weighted by Gasteiger charge is -2.26. The molecule has 0 atom stereocenters. The Hall–Kier alpha value is -4.15. The smallest absolute Gasteiger partial charge is 0.258 e. The van der Waals surface area contributed by atoms with Crippen molar-refractivity contribution in [2.75, 3.05) is 62.0 Å². The van der Waals surface area contributed by atoms with E-state index in [0.29, 0.717) is 35.7 Å². The van der Waals surface area contributed by atoms with E-state index in [9.17, 15) is 18.0 Å². The molecule has 0 fully saturated rings. The van der Waals surface area contributed by atoms with Gasteiger partial charge < -0.3 is 20.4 Å². The summed E-state index contributed by atoms with van der Waals surface area (Å²) >= 11 is 0. The van der Waals surface area contributed by atoms with E-state index in [0.717, 1.165) is 27.4 Å². The van der Waals surface area contributed by atoms with Crippen LogP contribution in [0, 0.1) is 0 Å². The van der Waals surface area contributed by atoms with Gasteiger partial charge in [0.15, 0.2) is 0 Å². The van der Waals surface area contributed by atoms with E-state index >= 15 is 0 Å². The van der Waals surface area contributed by atoms with Gasteiger partial charge in [-0.2, -0.15) is 0 Å². The summed E-state index contributed by atoms with van der Waals surface area (Å²) in [6, 6.07) is 23.8. The number of anilines is 3. The number of nitrogens with zero attached hydrogens (tertiary/aromatic N) is 3. The first kappa shape index (κ1) is 27.9. The van der Waals surface area contributed by atoms with Gasteiger partial charge >= 0.3 is 0 Å². The molecule has 39 heavy (non-hydrogen) atoms. The van der Waals surface area contributed by atoms with Crippen molar-refractivity contribution in [3.05, 3.63) is 90.0 Å². The molecule has 0 saturated carbocycles. The predicted molar refractivity (Wildman–Crippen MR) is 157 cm³/mol. The van der Waals surface area contributed by atoms with Crippen LogP contribution in [-0.4, -0.2) is 77.1 Å². The predicted octanol–water partition coefficient (Wildman–Crippen LogP) is 3.41. The number of likely N-dealkylation sites (N-methyl/N-ethyl adjacent to an activating group) is 2. The zero-order valence-electron chi connectivity index (χ0n) is 22.5. The molecule has 2 N–H and O–H groups in total. The molecule has 0 saturated heterocycles. The topological polar surface area (TPSA) is 102 Å². The maximum absolute atomic E-state index is 13.0. The summed E-state index contributed by atoms with van der Waals surface area (Å²) < 4.78 is 26.3. The first-order valence-electron chi connectivity index (χ1n) is 12.5. The van der Waals surface area contributed by atoms with Crippen LogP contribution < -0.4 is 14.9 Å². The number of hydrogen-bond donors (Lipinski definition) is 2. The highest BCUT2D eigenvalue weighted by Crippen LogP contribution is 2.37. The van der Waals surface area contributed by atoms with Crippen LogP contribution in [0.25, 0.3) is 11.3 Å². The van der Waals surface area contributed by atoms with Gasteiger partial charge in [0.1, 0.15) is 6.54 Å². The summed E-state index contributed by atoms with van der Waals surface area (Å²) in [7, 11) is 1.77. The summed E-state index contributed by atoms with van der Waals surface area (Å²) in [5, 5.41) is 6.29. The van der Waals surface area contributed by atoms with Crippen molar-refractivity contribution >= 4 is 50.2 Å². The molecule has 0 aliphatic carbocycles. The fourth-order valence-corrected chi connectivity index (χ4v) is 5.07. The van der Waals surface area contributed by atoms with Crippen LogP contribution in [-0.2, 0) is 19.6 Å². The molecule has 1 heterocycles. The minimum absolute atomic E-state index is 0.209. The van der Waals surface area contributed by atoms with Crippen molar-refractivity contribution in [1.29, 1.82) is 0 Å². The fourth-order valence-electron chi connectivity index (χ4n) is 4.22. The van der Waals surface area contributed by atoms with Crippen LogP contribution in [0.5, 0.6) is 0 Å². The number of amides is 2. The van der Waals surface area contributed by atoms with Gasteiger partial charge in [-0.05, 0) is 50.0 Å². The molecule has 2 amide bonds. The van der Waals surface area contributed by atoms with Crippen molar-refractivity contribution in [3.8, 4) is 0 Å². The molecular formula is C29H33N5O4S. The second-order valence-electron chi connectivity index (χ2n) is 9.68. The van der Waals surface area contributed by atoms with E-state index in [1.165, 1.54) is 4.90 Å². The van der Waals surface area contributed by atoms with Gasteiger partial charge in [0.05, 0.1) is 23.2 Å². The standard InChI is InChI=1S/C29H33N5O4S/c1-32(2)18-19-33(3)26(35)20-34(39(4,37)38)23-16-14-22(15-17-23)30-28(21-10-6-5-7-11-21)27-24-12-8-9-13-25(24)31-29(27)36/h5-17,30H,18-20H2,1-4H3,(H,31,36)/b28-27-. The van der Waals surface area contributed by atoms with E-state index in [4.69, 9.17) is 0 Å². The van der Waals surface area contributed by atoms with Crippen LogP contribution in [0.3, 0.4) is 0 Å². The summed E-state index contributed by atoms with van der Waals surface area (Å²) in [5.74, 6) is -0.509. The Bertz CT molecular complexity index is 1490. The maximum Gasteiger partial charge on any atom is 0.258 e. The number of carbonyl (C=O) groups is 2. The second-order valence-corrected chi connectivity index (χ2v) is 11.6. The van der Waals surface area contributed by atoms with Gasteiger partial charge in [-0.1, -0.05) is 48.5 Å². The van der Waals surface area contributed by atoms with E-state index in [1.807, 2.05) is 73.6 Å². The normalized spacial score (nSPS) is 14.0. The minimum atomic E-state index is -3.72. The van der Waals surface area contributed by atoms with Gasteiger partial charge in [-0.25, -0.2) is 8.42 Å². The van der Waals surface area contributed by atoms with Crippen LogP contribution in [0.4, 0.5) is 17.1 Å². The van der Waals surface area contributed by atoms with Gasteiger partial charge in [0.25, 0.3) is 5.91 Å². The van der Waals surface area contributed by atoms with Gasteiger partial charge in [-0.15, -0.1) is 0 Å². The SMILES string of the molecule is CN(C)CCN(C)C(=O)CN(c1ccc(N/C(=C2\C(=O)Nc3ccccc32)c2ccccc2)cc1)S(C)(=O)=O. The van der Waals surface area contributed by atoms with E-state index in [1.54, 1.807) is 31.3 Å². The minimum Gasteiger partial charge on any atom is -0.354 e. The van der Waals surface area contributed by atoms with Crippen LogP contribution in [0.2, 0.25) is 0 Å². The van der Waals surface area contributed by atoms with Crippen molar-refractivity contribution < 1.29 is 18.0 Å². The largest absolute Gasteiger partial charge is 0.354 e. The maximum atomic E-state index is 13.0. The van der Waals surface area contributed by atoms with E-state index < -0.39 is 10.0 Å². The third-order valence-electron chi connectivity index (χ3n) is 6.40. The summed E-state index contributed by atoms with van der Waals surface area (Å²) in [6.45, 7) is 0.856. The Labute approximate surface area is 229 Å². The first-order chi connectivity index (χ1) is 18.5. The Morgan fingerprint density at radius 2 is 1.51 bits per heavy atom. The van der Waals surface area contributed by atoms with Crippen LogP contribution >= 0.6 is 0 Å². The molecule has 0 aromatic heterocycles. The zero-order valence-corrected chi connectivity index (χ0v) is 23.3. The number of nitrogens with one attached hydrogen (secondary N) is 2. The van der Waals surface area contributed by atoms with Gasteiger partial charge in [-0.3, -0.25) is 13.9 Å². The monoisotopic (exact) mass is 547 g/mol. The third-order valence-corrected chi connectivity index (χ3v) is 7.54. The van der Waals surface area contributed by atoms with E-state index in [2.05, 4.69) is 10.6 Å². The summed E-state index contributed by atoms with van der Waals surface area (Å²) in [5.41, 5.74) is 4.54. The molecule has 10 heteroatoms. The number of rotatable bonds is 10. The molecule has 1 aliphatic rings. The Morgan fingerprint density at radius 1 is 0.872 bits per heavy atom. The number of carbonyl (C=O) groups excluding carboxylic acids is 2. The lowest BCUT2D eigenvalue weighted by atomic mass is 10.00.